The van der Waals surface area contributed by atoms with Gasteiger partial charge in [0.25, 0.3) is 0 Å². The van der Waals surface area contributed by atoms with Crippen molar-refractivity contribution in [3.05, 3.63) is 65.7 Å². The first-order valence-electron chi connectivity index (χ1n) is 9.19. The molecule has 1 aliphatic carbocycles. The van der Waals surface area contributed by atoms with Gasteiger partial charge in [-0.3, -0.25) is 5.43 Å². The van der Waals surface area contributed by atoms with E-state index in [1.807, 2.05) is 12.1 Å². The van der Waals surface area contributed by atoms with Crippen LogP contribution in [0.5, 0.6) is 5.75 Å². The summed E-state index contributed by atoms with van der Waals surface area (Å²) < 4.78 is 5.26. The van der Waals surface area contributed by atoms with Crippen LogP contribution in [0.3, 0.4) is 0 Å². The molecule has 0 radical (unpaired) electrons. The third-order valence-corrected chi connectivity index (χ3v) is 5.68. The topological polar surface area (TPSA) is 45.3 Å². The maximum Gasteiger partial charge on any atom is 0.118 e. The Balaban J connectivity index is 0.00000196. The lowest BCUT2D eigenvalue weighted by Crippen LogP contribution is -2.33. The predicted octanol–water partition coefficient (Wildman–Crippen LogP) is 3.20. The van der Waals surface area contributed by atoms with Gasteiger partial charge in [0.05, 0.1) is 13.2 Å². The van der Waals surface area contributed by atoms with Crippen molar-refractivity contribution in [2.75, 3.05) is 26.7 Å². The maximum atomic E-state index is 5.26. The number of hydrogen-bond acceptors (Lipinski definition) is 4. The van der Waals surface area contributed by atoms with E-state index in [1.54, 1.807) is 7.11 Å². The van der Waals surface area contributed by atoms with Crippen LogP contribution in [0.2, 0.25) is 0 Å². The summed E-state index contributed by atoms with van der Waals surface area (Å²) >= 11 is 0. The molecule has 26 heavy (non-hydrogen) atoms. The van der Waals surface area contributed by atoms with Crippen molar-refractivity contribution in [1.82, 2.24) is 16.2 Å². The van der Waals surface area contributed by atoms with Crippen molar-refractivity contribution in [2.24, 2.45) is 5.92 Å². The van der Waals surface area contributed by atoms with Gasteiger partial charge in [-0.05, 0) is 36.1 Å². The van der Waals surface area contributed by atoms with Crippen molar-refractivity contribution < 1.29 is 4.74 Å². The zero-order valence-corrected chi connectivity index (χ0v) is 16.0. The van der Waals surface area contributed by atoms with Crippen molar-refractivity contribution in [1.29, 1.82) is 0 Å². The predicted molar refractivity (Wildman–Crippen MR) is 108 cm³/mol. The molecule has 4 nitrogen and oxygen atoms in total. The summed E-state index contributed by atoms with van der Waals surface area (Å²) in [7, 11) is 1.71. The van der Waals surface area contributed by atoms with E-state index in [4.69, 9.17) is 4.74 Å². The molecule has 0 amide bonds. The normalized spacial score (nSPS) is 23.3. The van der Waals surface area contributed by atoms with E-state index in [-0.39, 0.29) is 12.4 Å². The van der Waals surface area contributed by atoms with Crippen LogP contribution in [-0.2, 0) is 5.41 Å². The van der Waals surface area contributed by atoms with Gasteiger partial charge in [-0.25, -0.2) is 5.43 Å². The fraction of sp³-hybridized carbons (Fsp3) is 0.429. The third-order valence-electron chi connectivity index (χ3n) is 5.68. The minimum absolute atomic E-state index is 0. The van der Waals surface area contributed by atoms with Crippen LogP contribution in [0, 0.1) is 5.92 Å². The summed E-state index contributed by atoms with van der Waals surface area (Å²) in [6.07, 6.45) is 2.60. The Morgan fingerprint density at radius 3 is 2.46 bits per heavy atom. The highest BCUT2D eigenvalue weighted by molar-refractivity contribution is 5.85. The van der Waals surface area contributed by atoms with E-state index >= 15 is 0 Å². The van der Waals surface area contributed by atoms with Gasteiger partial charge in [-0.2, -0.15) is 0 Å². The van der Waals surface area contributed by atoms with Crippen LogP contribution < -0.4 is 20.9 Å². The molecular formula is C21H28ClN3O. The Bertz CT molecular complexity index is 688. The number of hydrogen-bond donors (Lipinski definition) is 3. The summed E-state index contributed by atoms with van der Waals surface area (Å²) in [5.74, 6) is 1.45. The molecule has 2 fully saturated rings. The minimum Gasteiger partial charge on any atom is -0.497 e. The highest BCUT2D eigenvalue weighted by Gasteiger charge is 2.43. The fourth-order valence-electron chi connectivity index (χ4n) is 3.90. The minimum atomic E-state index is 0. The smallest absolute Gasteiger partial charge is 0.118 e. The van der Waals surface area contributed by atoms with Gasteiger partial charge in [0.15, 0.2) is 0 Å². The van der Waals surface area contributed by atoms with Crippen molar-refractivity contribution >= 4 is 12.4 Å². The molecule has 1 saturated heterocycles. The molecule has 4 rings (SSSR count). The second-order valence-electron chi connectivity index (χ2n) is 7.31. The lowest BCUT2D eigenvalue weighted by molar-refractivity contribution is 0.412. The van der Waals surface area contributed by atoms with Gasteiger partial charge in [0, 0.05) is 31.0 Å². The van der Waals surface area contributed by atoms with Crippen molar-refractivity contribution in [3.63, 3.8) is 0 Å². The SMILES string of the molecule is COc1ccc(C2NNCC2CNCC2(c3ccccc3)CC2)cc1.Cl. The van der Waals surface area contributed by atoms with Crippen LogP contribution in [0.25, 0.3) is 0 Å². The second-order valence-corrected chi connectivity index (χ2v) is 7.31. The van der Waals surface area contributed by atoms with Gasteiger partial charge in [0.1, 0.15) is 5.75 Å². The summed E-state index contributed by atoms with van der Waals surface area (Å²) in [5, 5.41) is 3.75. The highest BCUT2D eigenvalue weighted by Crippen LogP contribution is 2.47. The molecule has 2 unspecified atom stereocenters. The molecule has 140 valence electrons. The molecule has 1 heterocycles. The quantitative estimate of drug-likeness (QED) is 0.697. The van der Waals surface area contributed by atoms with E-state index < -0.39 is 0 Å². The Morgan fingerprint density at radius 1 is 1.08 bits per heavy atom. The van der Waals surface area contributed by atoms with E-state index in [1.165, 1.54) is 24.0 Å². The summed E-state index contributed by atoms with van der Waals surface area (Å²) in [5.41, 5.74) is 9.91. The van der Waals surface area contributed by atoms with Crippen LogP contribution in [0.4, 0.5) is 0 Å². The van der Waals surface area contributed by atoms with E-state index in [0.29, 0.717) is 17.4 Å². The van der Waals surface area contributed by atoms with Gasteiger partial charge in [0.2, 0.25) is 0 Å². The van der Waals surface area contributed by atoms with Gasteiger partial charge < -0.3 is 10.1 Å². The Morgan fingerprint density at radius 2 is 1.81 bits per heavy atom. The average molecular weight is 374 g/mol. The fourth-order valence-corrected chi connectivity index (χ4v) is 3.90. The number of halogens is 1. The highest BCUT2D eigenvalue weighted by atomic mass is 35.5. The number of methoxy groups -OCH3 is 1. The monoisotopic (exact) mass is 373 g/mol. The molecule has 2 atom stereocenters. The van der Waals surface area contributed by atoms with E-state index in [2.05, 4.69) is 58.6 Å². The second kappa shape index (κ2) is 8.40. The number of hydrazine groups is 1. The maximum absolute atomic E-state index is 5.26. The molecule has 5 heteroatoms. The van der Waals surface area contributed by atoms with E-state index in [9.17, 15) is 0 Å². The van der Waals surface area contributed by atoms with Crippen LogP contribution in [0.15, 0.2) is 54.6 Å². The van der Waals surface area contributed by atoms with Crippen molar-refractivity contribution in [3.8, 4) is 5.75 Å². The molecule has 2 aliphatic rings. The lowest BCUT2D eigenvalue weighted by atomic mass is 9.93. The first-order valence-corrected chi connectivity index (χ1v) is 9.19. The average Bonchev–Trinajstić information content (AvgIpc) is 3.32. The van der Waals surface area contributed by atoms with Gasteiger partial charge in [-0.1, -0.05) is 42.5 Å². The molecule has 0 bridgehead atoms. The summed E-state index contributed by atoms with van der Waals surface area (Å²) in [4.78, 5) is 0. The van der Waals surface area contributed by atoms with Crippen LogP contribution in [0.1, 0.15) is 30.0 Å². The van der Waals surface area contributed by atoms with Gasteiger partial charge >= 0.3 is 0 Å². The molecule has 0 spiro atoms. The molecule has 2 aromatic rings. The molecule has 0 aromatic heterocycles. The van der Waals surface area contributed by atoms with E-state index in [0.717, 1.165) is 25.4 Å². The first-order chi connectivity index (χ1) is 12.3. The molecule has 1 aliphatic heterocycles. The Labute approximate surface area is 162 Å². The Hall–Kier alpha value is -1.59. The summed E-state index contributed by atoms with van der Waals surface area (Å²) in [6.45, 7) is 3.08. The third kappa shape index (κ3) is 4.04. The number of benzene rings is 2. The number of nitrogens with one attached hydrogen (secondary N) is 3. The Kier molecular flexibility index (Phi) is 6.20. The number of rotatable bonds is 7. The zero-order valence-electron chi connectivity index (χ0n) is 15.2. The molecule has 1 saturated carbocycles. The number of ether oxygens (including phenoxy) is 1. The van der Waals surface area contributed by atoms with Crippen LogP contribution in [-0.4, -0.2) is 26.7 Å². The van der Waals surface area contributed by atoms with Crippen LogP contribution >= 0.6 is 12.4 Å². The van der Waals surface area contributed by atoms with Crippen molar-refractivity contribution in [2.45, 2.75) is 24.3 Å². The first kappa shape index (κ1) is 19.2. The standard InChI is InChI=1S/C21H27N3O.ClH/c1-25-19-9-7-16(8-10-19)20-17(14-23-24-20)13-22-15-21(11-12-21)18-5-3-2-4-6-18;/h2-10,17,20,22-24H,11-15H2,1H3;1H. The zero-order chi connectivity index (χ0) is 17.1. The van der Waals surface area contributed by atoms with Gasteiger partial charge in [-0.15, -0.1) is 12.4 Å². The molecular weight excluding hydrogens is 346 g/mol. The molecule has 3 N–H and O–H groups in total. The lowest BCUT2D eigenvalue weighted by Gasteiger charge is -2.22. The largest absolute Gasteiger partial charge is 0.497 e. The molecule has 2 aromatic carbocycles. The summed E-state index contributed by atoms with van der Waals surface area (Å²) in [6, 6.07) is 19.7.